The largest absolute Gasteiger partial charge is 0.494 e. The highest BCUT2D eigenvalue weighted by Crippen LogP contribution is 2.32. The summed E-state index contributed by atoms with van der Waals surface area (Å²) in [5.74, 6) is 1.39. The molecule has 1 amide bonds. The van der Waals surface area contributed by atoms with E-state index >= 15 is 0 Å². The second kappa shape index (κ2) is 9.73. The van der Waals surface area contributed by atoms with Crippen molar-refractivity contribution < 1.29 is 14.3 Å². The summed E-state index contributed by atoms with van der Waals surface area (Å²) >= 11 is 0. The molecule has 11 nitrogen and oxygen atoms in total. The summed E-state index contributed by atoms with van der Waals surface area (Å²) < 4.78 is 7.02. The molecule has 2 aliphatic rings. The molecule has 0 aliphatic carbocycles. The zero-order valence-corrected chi connectivity index (χ0v) is 21.3. The second-order valence-corrected chi connectivity index (χ2v) is 9.46. The Morgan fingerprint density at radius 1 is 1.08 bits per heavy atom. The molecule has 11 heteroatoms. The van der Waals surface area contributed by atoms with Gasteiger partial charge in [-0.1, -0.05) is 30.3 Å². The number of aryl methyl sites for hydroxylation is 1. The van der Waals surface area contributed by atoms with E-state index in [9.17, 15) is 9.59 Å². The number of amides is 1. The topological polar surface area (TPSA) is 122 Å². The number of fused-ring (bicyclic) bond motifs is 1. The first kappa shape index (κ1) is 23.8. The number of likely N-dealkylation sites (tertiary alicyclic amines) is 1. The molecule has 0 atom stereocenters. The Morgan fingerprint density at radius 3 is 2.58 bits per heavy atom. The molecule has 38 heavy (non-hydrogen) atoms. The maximum absolute atomic E-state index is 13.5. The molecule has 194 valence electrons. The van der Waals surface area contributed by atoms with E-state index in [4.69, 9.17) is 9.73 Å². The number of methoxy groups -OCH3 is 1. The molecule has 5 heterocycles. The lowest BCUT2D eigenvalue weighted by Gasteiger charge is -2.38. The first-order chi connectivity index (χ1) is 18.5. The number of nitrogens with zero attached hydrogens (tertiary/aromatic N) is 7. The number of Topliss-reactive ketones (excluding diaryl/α,β-unsaturated/α-hetero) is 1. The Morgan fingerprint density at radius 2 is 1.87 bits per heavy atom. The molecule has 1 N–H and O–H groups in total. The van der Waals surface area contributed by atoms with Crippen molar-refractivity contribution in [2.75, 3.05) is 33.3 Å². The van der Waals surface area contributed by atoms with Crippen LogP contribution in [0, 0.1) is 6.92 Å². The van der Waals surface area contributed by atoms with Crippen LogP contribution in [0.1, 0.15) is 34.6 Å². The van der Waals surface area contributed by atoms with Crippen LogP contribution in [0.5, 0.6) is 5.75 Å². The molecule has 1 fully saturated rings. The Labute approximate surface area is 219 Å². The van der Waals surface area contributed by atoms with Gasteiger partial charge in [-0.15, -0.1) is 0 Å². The van der Waals surface area contributed by atoms with Crippen molar-refractivity contribution in [3.05, 3.63) is 66.0 Å². The number of rotatable bonds is 6. The number of hydrogen-bond acceptors (Lipinski definition) is 8. The summed E-state index contributed by atoms with van der Waals surface area (Å²) in [6.45, 7) is 4.45. The van der Waals surface area contributed by atoms with Gasteiger partial charge >= 0.3 is 0 Å². The van der Waals surface area contributed by atoms with Crippen LogP contribution in [-0.2, 0) is 4.79 Å². The van der Waals surface area contributed by atoms with Crippen molar-refractivity contribution in [1.29, 1.82) is 0 Å². The zero-order valence-electron chi connectivity index (χ0n) is 21.3. The van der Waals surface area contributed by atoms with Gasteiger partial charge in [-0.25, -0.2) is 14.6 Å². The average Bonchev–Trinajstić information content (AvgIpc) is 3.72. The van der Waals surface area contributed by atoms with Crippen LogP contribution < -0.4 is 4.74 Å². The van der Waals surface area contributed by atoms with Crippen molar-refractivity contribution in [2.24, 2.45) is 4.99 Å². The molecule has 0 radical (unpaired) electrons. The van der Waals surface area contributed by atoms with Gasteiger partial charge in [0.05, 0.1) is 36.3 Å². The van der Waals surface area contributed by atoms with E-state index in [1.807, 2.05) is 18.2 Å². The van der Waals surface area contributed by atoms with E-state index in [1.165, 1.54) is 18.0 Å². The first-order valence-electron chi connectivity index (χ1n) is 12.7. The smallest absolute Gasteiger partial charge is 0.295 e. The van der Waals surface area contributed by atoms with E-state index in [0.29, 0.717) is 41.4 Å². The maximum Gasteiger partial charge on any atom is 0.295 e. The number of carbonyl (C=O) groups is 2. The highest BCUT2D eigenvalue weighted by molar-refractivity contribution is 6.45. The standard InChI is InChI=1S/C27H28N8O3/c1-17-31-16-35(32-17)26-23-22(21(38-2)15-30-26)20(14-29-23)24(36)27(37)33-11-8-19(9-12-33)34-13-10-28-25(34)18-6-4-3-5-7-18/h3-7,14-16,19,29H,8-13H2,1-2H3. The van der Waals surface area contributed by atoms with Crippen molar-refractivity contribution in [1.82, 2.24) is 34.5 Å². The normalized spacial score (nSPS) is 16.2. The van der Waals surface area contributed by atoms with Gasteiger partial charge in [0.15, 0.2) is 5.82 Å². The fraction of sp³-hybridized carbons (Fsp3) is 0.333. The monoisotopic (exact) mass is 512 g/mol. The van der Waals surface area contributed by atoms with Gasteiger partial charge in [0.1, 0.15) is 23.7 Å². The predicted molar refractivity (Wildman–Crippen MR) is 141 cm³/mol. The number of ketones is 1. The molecule has 1 aromatic carbocycles. The van der Waals surface area contributed by atoms with Gasteiger partial charge in [0, 0.05) is 37.4 Å². The van der Waals surface area contributed by atoms with Crippen LogP contribution in [-0.4, -0.2) is 91.4 Å². The number of hydrogen-bond donors (Lipinski definition) is 1. The number of benzene rings is 1. The number of H-pyrrole nitrogens is 1. The number of aromatic nitrogens is 5. The Balaban J connectivity index is 1.20. The molecule has 0 spiro atoms. The van der Waals surface area contributed by atoms with E-state index in [1.54, 1.807) is 24.3 Å². The fourth-order valence-corrected chi connectivity index (χ4v) is 5.36. The third-order valence-corrected chi connectivity index (χ3v) is 7.24. The van der Waals surface area contributed by atoms with Crippen LogP contribution >= 0.6 is 0 Å². The molecular weight excluding hydrogens is 484 g/mol. The zero-order chi connectivity index (χ0) is 26.2. The third kappa shape index (κ3) is 4.09. The lowest BCUT2D eigenvalue weighted by molar-refractivity contribution is -0.127. The molecule has 0 saturated carbocycles. The predicted octanol–water partition coefficient (Wildman–Crippen LogP) is 2.40. The molecule has 0 unspecified atom stereocenters. The van der Waals surface area contributed by atoms with Crippen molar-refractivity contribution >= 4 is 28.4 Å². The maximum atomic E-state index is 13.5. The molecule has 6 rings (SSSR count). The third-order valence-electron chi connectivity index (χ3n) is 7.24. The minimum atomic E-state index is -0.576. The lowest BCUT2D eigenvalue weighted by atomic mass is 10.0. The van der Waals surface area contributed by atoms with Crippen LogP contribution in [0.15, 0.2) is 54.0 Å². The summed E-state index contributed by atoms with van der Waals surface area (Å²) in [4.78, 5) is 47.2. The Bertz CT molecular complexity index is 1530. The van der Waals surface area contributed by atoms with Crippen LogP contribution in [0.2, 0.25) is 0 Å². The van der Waals surface area contributed by atoms with Crippen molar-refractivity contribution in [3.63, 3.8) is 0 Å². The van der Waals surface area contributed by atoms with Gasteiger partial charge in [-0.05, 0) is 19.8 Å². The second-order valence-electron chi connectivity index (χ2n) is 9.46. The van der Waals surface area contributed by atoms with E-state index < -0.39 is 11.7 Å². The summed E-state index contributed by atoms with van der Waals surface area (Å²) in [6, 6.07) is 10.5. The first-order valence-corrected chi connectivity index (χ1v) is 12.7. The average molecular weight is 513 g/mol. The highest BCUT2D eigenvalue weighted by Gasteiger charge is 2.34. The molecular formula is C27H28N8O3. The number of amidine groups is 1. The number of nitrogens with one attached hydrogen (secondary N) is 1. The number of aliphatic imine (C=N–C) groups is 1. The van der Waals surface area contributed by atoms with Gasteiger partial charge in [0.2, 0.25) is 0 Å². The molecule has 3 aromatic heterocycles. The Kier molecular flexibility index (Phi) is 6.10. The molecule has 4 aromatic rings. The SMILES string of the molecule is COc1cnc(-n2cnc(C)n2)c2[nH]cc(C(=O)C(=O)N3CCC(N4CCN=C4c4ccccc4)CC3)c12. The molecule has 2 aliphatic heterocycles. The number of aromatic amines is 1. The number of ether oxygens (including phenoxy) is 1. The van der Waals surface area contributed by atoms with Crippen LogP contribution in [0.4, 0.5) is 0 Å². The quantitative estimate of drug-likeness (QED) is 0.311. The van der Waals surface area contributed by atoms with Crippen molar-refractivity contribution in [3.8, 4) is 11.6 Å². The summed E-state index contributed by atoms with van der Waals surface area (Å²) in [5, 5.41) is 4.82. The van der Waals surface area contributed by atoms with Crippen LogP contribution in [0.3, 0.4) is 0 Å². The van der Waals surface area contributed by atoms with Crippen LogP contribution in [0.25, 0.3) is 16.7 Å². The summed E-state index contributed by atoms with van der Waals surface area (Å²) in [6.07, 6.45) is 6.18. The van der Waals surface area contributed by atoms with Gasteiger partial charge in [0.25, 0.3) is 11.7 Å². The molecule has 0 bridgehead atoms. The number of piperidine rings is 1. The minimum absolute atomic E-state index is 0.252. The molecule has 1 saturated heterocycles. The van der Waals surface area contributed by atoms with Gasteiger partial charge in [-0.3, -0.25) is 14.6 Å². The number of carbonyl (C=O) groups excluding carboxylic acids is 2. The summed E-state index contributed by atoms with van der Waals surface area (Å²) in [5.41, 5.74) is 1.91. The Hall–Kier alpha value is -4.54. The van der Waals surface area contributed by atoms with Gasteiger partial charge in [-0.2, -0.15) is 5.10 Å². The van der Waals surface area contributed by atoms with Crippen molar-refractivity contribution in [2.45, 2.75) is 25.8 Å². The highest BCUT2D eigenvalue weighted by atomic mass is 16.5. The van der Waals surface area contributed by atoms with E-state index in [-0.39, 0.29) is 11.6 Å². The van der Waals surface area contributed by atoms with E-state index in [0.717, 1.165) is 37.3 Å². The minimum Gasteiger partial charge on any atom is -0.494 e. The van der Waals surface area contributed by atoms with E-state index in [2.05, 4.69) is 37.1 Å². The number of pyridine rings is 1. The lowest BCUT2D eigenvalue weighted by Crippen LogP contribution is -2.49. The van der Waals surface area contributed by atoms with Gasteiger partial charge < -0.3 is 19.5 Å². The fourth-order valence-electron chi connectivity index (χ4n) is 5.36. The summed E-state index contributed by atoms with van der Waals surface area (Å²) in [7, 11) is 1.51.